The van der Waals surface area contributed by atoms with Crippen molar-refractivity contribution in [3.8, 4) is 0 Å². The van der Waals surface area contributed by atoms with E-state index in [1.165, 1.54) is 5.69 Å². The van der Waals surface area contributed by atoms with Gasteiger partial charge in [0, 0.05) is 37.1 Å². The molecule has 4 nitrogen and oxygen atoms in total. The van der Waals surface area contributed by atoms with Crippen LogP contribution >= 0.6 is 0 Å². The zero-order valence-electron chi connectivity index (χ0n) is 10.3. The first-order chi connectivity index (χ1) is 8.20. The summed E-state index contributed by atoms with van der Waals surface area (Å²) in [5.74, 6) is 0. The molecule has 90 valence electrons. The lowest BCUT2D eigenvalue weighted by Gasteiger charge is -2.12. The van der Waals surface area contributed by atoms with Gasteiger partial charge in [-0.1, -0.05) is 6.07 Å². The predicted molar refractivity (Wildman–Crippen MR) is 67.5 cm³/mol. The topological polar surface area (TPSA) is 56.7 Å². The summed E-state index contributed by atoms with van der Waals surface area (Å²) in [4.78, 5) is 4.09. The van der Waals surface area contributed by atoms with E-state index in [9.17, 15) is 0 Å². The molecule has 1 atom stereocenters. The Morgan fingerprint density at radius 2 is 2.29 bits per heavy atom. The zero-order valence-corrected chi connectivity index (χ0v) is 10.3. The number of aryl methyl sites for hydroxylation is 2. The normalized spacial score (nSPS) is 12.6. The van der Waals surface area contributed by atoms with Crippen LogP contribution in [0.1, 0.15) is 29.9 Å². The molecule has 4 heteroatoms. The van der Waals surface area contributed by atoms with Crippen molar-refractivity contribution < 1.29 is 0 Å². The molecule has 1 unspecified atom stereocenters. The lowest BCUT2D eigenvalue weighted by molar-refractivity contribution is 0.587. The average Bonchev–Trinajstić information content (AvgIpc) is 2.70. The van der Waals surface area contributed by atoms with Gasteiger partial charge in [0.2, 0.25) is 0 Å². The second-order valence-electron chi connectivity index (χ2n) is 4.19. The molecule has 0 fully saturated rings. The van der Waals surface area contributed by atoms with Crippen molar-refractivity contribution in [2.45, 2.75) is 32.9 Å². The molecule has 2 rings (SSSR count). The van der Waals surface area contributed by atoms with Crippen LogP contribution in [0.3, 0.4) is 0 Å². The summed E-state index contributed by atoms with van der Waals surface area (Å²) < 4.78 is 2.01. The van der Waals surface area contributed by atoms with Crippen LogP contribution < -0.4 is 5.73 Å². The molecular formula is C13H18N4. The Morgan fingerprint density at radius 3 is 2.94 bits per heavy atom. The van der Waals surface area contributed by atoms with Gasteiger partial charge in [-0.15, -0.1) is 0 Å². The third-order valence-electron chi connectivity index (χ3n) is 2.83. The smallest absolute Gasteiger partial charge is 0.0596 e. The molecule has 0 spiro atoms. The van der Waals surface area contributed by atoms with E-state index in [0.29, 0.717) is 0 Å². The Morgan fingerprint density at radius 1 is 1.47 bits per heavy atom. The van der Waals surface area contributed by atoms with Gasteiger partial charge >= 0.3 is 0 Å². The van der Waals surface area contributed by atoms with Crippen molar-refractivity contribution in [2.75, 3.05) is 0 Å². The summed E-state index contributed by atoms with van der Waals surface area (Å²) in [7, 11) is 0. The van der Waals surface area contributed by atoms with E-state index in [-0.39, 0.29) is 6.04 Å². The Labute approximate surface area is 101 Å². The van der Waals surface area contributed by atoms with E-state index in [1.54, 1.807) is 6.20 Å². The van der Waals surface area contributed by atoms with Crippen LogP contribution in [-0.2, 0) is 13.0 Å². The first kappa shape index (κ1) is 11.8. The first-order valence-electron chi connectivity index (χ1n) is 5.89. The molecule has 0 aliphatic rings. The second-order valence-corrected chi connectivity index (χ2v) is 4.19. The van der Waals surface area contributed by atoms with Crippen LogP contribution in [0, 0.1) is 6.92 Å². The highest BCUT2D eigenvalue weighted by molar-refractivity contribution is 5.18. The summed E-state index contributed by atoms with van der Waals surface area (Å²) in [6, 6.07) is 6.00. The van der Waals surface area contributed by atoms with Gasteiger partial charge in [0.1, 0.15) is 0 Å². The van der Waals surface area contributed by atoms with Crippen LogP contribution in [0.15, 0.2) is 30.6 Å². The van der Waals surface area contributed by atoms with E-state index in [2.05, 4.69) is 23.1 Å². The summed E-state index contributed by atoms with van der Waals surface area (Å²) in [6.45, 7) is 4.97. The van der Waals surface area contributed by atoms with Crippen LogP contribution in [0.25, 0.3) is 0 Å². The molecule has 2 aromatic rings. The molecule has 0 aliphatic heterocycles. The fourth-order valence-corrected chi connectivity index (χ4v) is 1.98. The summed E-state index contributed by atoms with van der Waals surface area (Å²) in [6.07, 6.45) is 4.38. The Bertz CT molecular complexity index is 475. The maximum atomic E-state index is 6.18. The van der Waals surface area contributed by atoms with Crippen molar-refractivity contribution >= 4 is 0 Å². The molecule has 2 aromatic heterocycles. The average molecular weight is 230 g/mol. The van der Waals surface area contributed by atoms with E-state index >= 15 is 0 Å². The van der Waals surface area contributed by atoms with Gasteiger partial charge in [0.05, 0.1) is 5.69 Å². The van der Waals surface area contributed by atoms with Crippen LogP contribution in [0.2, 0.25) is 0 Å². The minimum absolute atomic E-state index is 0.0231. The highest BCUT2D eigenvalue weighted by atomic mass is 15.3. The molecule has 0 saturated carbocycles. The molecule has 2 N–H and O–H groups in total. The standard InChI is InChI=1S/C13H18N4/c1-3-17-12(7-10(2)16-17)8-13(14)11-5-4-6-15-9-11/h4-7,9,13H,3,8,14H2,1-2H3. The minimum atomic E-state index is -0.0231. The second kappa shape index (κ2) is 5.10. The highest BCUT2D eigenvalue weighted by Crippen LogP contribution is 2.15. The Kier molecular flexibility index (Phi) is 3.54. The maximum absolute atomic E-state index is 6.18. The monoisotopic (exact) mass is 230 g/mol. The SMILES string of the molecule is CCn1nc(C)cc1CC(N)c1cccnc1. The van der Waals surface area contributed by atoms with E-state index in [4.69, 9.17) is 5.73 Å². The number of hydrogen-bond acceptors (Lipinski definition) is 3. The first-order valence-corrected chi connectivity index (χ1v) is 5.89. The largest absolute Gasteiger partial charge is 0.324 e. The number of nitrogens with two attached hydrogens (primary N) is 1. The fraction of sp³-hybridized carbons (Fsp3) is 0.385. The van der Waals surface area contributed by atoms with Gasteiger partial charge in [0.25, 0.3) is 0 Å². The molecule has 0 aromatic carbocycles. The molecule has 17 heavy (non-hydrogen) atoms. The van der Waals surface area contributed by atoms with E-state index < -0.39 is 0 Å². The van der Waals surface area contributed by atoms with E-state index in [0.717, 1.165) is 24.2 Å². The van der Waals surface area contributed by atoms with Gasteiger partial charge in [0.15, 0.2) is 0 Å². The van der Waals surface area contributed by atoms with Crippen molar-refractivity contribution in [2.24, 2.45) is 5.73 Å². The van der Waals surface area contributed by atoms with Gasteiger partial charge < -0.3 is 5.73 Å². The summed E-state index contributed by atoms with van der Waals surface area (Å²) >= 11 is 0. The molecule has 0 bridgehead atoms. The summed E-state index contributed by atoms with van der Waals surface area (Å²) in [5, 5.41) is 4.42. The van der Waals surface area contributed by atoms with Gasteiger partial charge in [-0.3, -0.25) is 9.67 Å². The molecule has 0 saturated heterocycles. The summed E-state index contributed by atoms with van der Waals surface area (Å²) in [5.41, 5.74) is 9.47. The number of rotatable bonds is 4. The molecule has 0 aliphatic carbocycles. The molecule has 2 heterocycles. The highest BCUT2D eigenvalue weighted by Gasteiger charge is 2.11. The zero-order chi connectivity index (χ0) is 12.3. The lowest BCUT2D eigenvalue weighted by atomic mass is 10.0. The van der Waals surface area contributed by atoms with Gasteiger partial charge in [-0.2, -0.15) is 5.10 Å². The fourth-order valence-electron chi connectivity index (χ4n) is 1.98. The molecular weight excluding hydrogens is 212 g/mol. The minimum Gasteiger partial charge on any atom is -0.324 e. The van der Waals surface area contributed by atoms with Gasteiger partial charge in [-0.25, -0.2) is 0 Å². The predicted octanol–water partition coefficient (Wildman–Crippen LogP) is 1.85. The number of aromatic nitrogens is 3. The van der Waals surface area contributed by atoms with Crippen LogP contribution in [-0.4, -0.2) is 14.8 Å². The van der Waals surface area contributed by atoms with Crippen LogP contribution in [0.4, 0.5) is 0 Å². The Balaban J connectivity index is 2.15. The van der Waals surface area contributed by atoms with Crippen molar-refractivity contribution in [3.63, 3.8) is 0 Å². The van der Waals surface area contributed by atoms with Crippen molar-refractivity contribution in [1.29, 1.82) is 0 Å². The maximum Gasteiger partial charge on any atom is 0.0596 e. The molecule has 0 radical (unpaired) electrons. The quantitative estimate of drug-likeness (QED) is 0.872. The third-order valence-corrected chi connectivity index (χ3v) is 2.83. The van der Waals surface area contributed by atoms with Crippen molar-refractivity contribution in [3.05, 3.63) is 47.5 Å². The third kappa shape index (κ3) is 2.71. The Hall–Kier alpha value is -1.68. The van der Waals surface area contributed by atoms with Crippen LogP contribution in [0.5, 0.6) is 0 Å². The number of nitrogens with zero attached hydrogens (tertiary/aromatic N) is 3. The van der Waals surface area contributed by atoms with E-state index in [1.807, 2.05) is 29.9 Å². The van der Waals surface area contributed by atoms with Crippen molar-refractivity contribution in [1.82, 2.24) is 14.8 Å². The molecule has 0 amide bonds. The lowest BCUT2D eigenvalue weighted by Crippen LogP contribution is -2.16. The van der Waals surface area contributed by atoms with Gasteiger partial charge in [-0.05, 0) is 31.5 Å². The number of pyridine rings is 1. The number of hydrogen-bond donors (Lipinski definition) is 1.